The predicted octanol–water partition coefficient (Wildman–Crippen LogP) is 5.01. The molecule has 0 radical (unpaired) electrons. The van der Waals surface area contributed by atoms with Crippen molar-refractivity contribution in [2.24, 2.45) is 0 Å². The Balaban J connectivity index is 1.60. The quantitative estimate of drug-likeness (QED) is 0.580. The summed E-state index contributed by atoms with van der Waals surface area (Å²) in [6.45, 7) is 3.69. The van der Waals surface area contributed by atoms with Gasteiger partial charge in [-0.2, -0.15) is 0 Å². The van der Waals surface area contributed by atoms with Crippen LogP contribution in [0.15, 0.2) is 78.9 Å². The van der Waals surface area contributed by atoms with Crippen LogP contribution >= 0.6 is 0 Å². The minimum Gasteiger partial charge on any atom is -0.456 e. The first-order chi connectivity index (χ1) is 14.0. The molecule has 4 nitrogen and oxygen atoms in total. The van der Waals surface area contributed by atoms with Crippen LogP contribution in [-0.4, -0.2) is 18.5 Å². The molecule has 1 N–H and O–H groups in total. The van der Waals surface area contributed by atoms with Gasteiger partial charge in [0.05, 0.1) is 6.42 Å². The number of esters is 1. The highest BCUT2D eigenvalue weighted by atomic mass is 16.5. The summed E-state index contributed by atoms with van der Waals surface area (Å²) in [6, 6.07) is 25.4. The van der Waals surface area contributed by atoms with E-state index in [-0.39, 0.29) is 24.9 Å². The highest BCUT2D eigenvalue weighted by molar-refractivity contribution is 5.93. The number of carbonyl (C=O) groups excluding carboxylic acids is 2. The summed E-state index contributed by atoms with van der Waals surface area (Å²) in [5.41, 5.74) is 5.02. The molecular formula is C25H25NO3. The lowest BCUT2D eigenvalue weighted by Gasteiger charge is -2.17. The van der Waals surface area contributed by atoms with Gasteiger partial charge in [-0.3, -0.25) is 9.59 Å². The van der Waals surface area contributed by atoms with Crippen molar-refractivity contribution in [2.45, 2.75) is 26.2 Å². The largest absolute Gasteiger partial charge is 0.456 e. The molecule has 0 spiro atoms. The number of ether oxygens (including phenoxy) is 1. The number of anilines is 1. The molecule has 0 aliphatic rings. The average Bonchev–Trinajstić information content (AvgIpc) is 2.74. The van der Waals surface area contributed by atoms with E-state index in [4.69, 9.17) is 4.74 Å². The Morgan fingerprint density at radius 1 is 0.828 bits per heavy atom. The van der Waals surface area contributed by atoms with Crippen LogP contribution in [0.3, 0.4) is 0 Å². The third-order valence-corrected chi connectivity index (χ3v) is 4.93. The third-order valence-electron chi connectivity index (χ3n) is 4.93. The van der Waals surface area contributed by atoms with Crippen LogP contribution in [0, 0.1) is 13.8 Å². The number of amides is 1. The van der Waals surface area contributed by atoms with Gasteiger partial charge in [0.15, 0.2) is 6.61 Å². The zero-order valence-electron chi connectivity index (χ0n) is 16.7. The molecule has 3 aromatic rings. The fraction of sp³-hybridized carbons (Fsp3) is 0.200. The molecule has 0 heterocycles. The van der Waals surface area contributed by atoms with E-state index in [9.17, 15) is 9.59 Å². The van der Waals surface area contributed by atoms with Crippen molar-refractivity contribution in [1.29, 1.82) is 0 Å². The smallest absolute Gasteiger partial charge is 0.307 e. The lowest BCUT2D eigenvalue weighted by atomic mass is 9.89. The molecule has 4 heteroatoms. The SMILES string of the molecule is Cc1ccc(NC(=O)COC(=O)CC(c2ccccc2)c2ccccc2)cc1C. The molecule has 0 aliphatic heterocycles. The molecule has 0 aromatic heterocycles. The summed E-state index contributed by atoms with van der Waals surface area (Å²) in [6.07, 6.45) is 0.172. The summed E-state index contributed by atoms with van der Waals surface area (Å²) in [5, 5.41) is 2.77. The minimum atomic E-state index is -0.405. The Morgan fingerprint density at radius 2 is 1.41 bits per heavy atom. The molecule has 29 heavy (non-hydrogen) atoms. The number of rotatable bonds is 7. The van der Waals surface area contributed by atoms with Crippen LogP contribution in [-0.2, 0) is 14.3 Å². The van der Waals surface area contributed by atoms with Crippen LogP contribution in [0.2, 0.25) is 0 Å². The maximum absolute atomic E-state index is 12.5. The summed E-state index contributed by atoms with van der Waals surface area (Å²) in [5.74, 6) is -0.872. The van der Waals surface area contributed by atoms with Gasteiger partial charge in [-0.25, -0.2) is 0 Å². The van der Waals surface area contributed by atoms with Gasteiger partial charge in [0.2, 0.25) is 0 Å². The third kappa shape index (κ3) is 5.79. The van der Waals surface area contributed by atoms with Gasteiger partial charge in [0.1, 0.15) is 0 Å². The van der Waals surface area contributed by atoms with Crippen LogP contribution in [0.25, 0.3) is 0 Å². The molecule has 0 aliphatic carbocycles. The topological polar surface area (TPSA) is 55.4 Å². The second kappa shape index (κ2) is 9.69. The van der Waals surface area contributed by atoms with Gasteiger partial charge >= 0.3 is 5.97 Å². The van der Waals surface area contributed by atoms with Crippen LogP contribution in [0.1, 0.15) is 34.6 Å². The van der Waals surface area contributed by atoms with E-state index in [0.29, 0.717) is 5.69 Å². The highest BCUT2D eigenvalue weighted by Crippen LogP contribution is 2.28. The lowest BCUT2D eigenvalue weighted by Crippen LogP contribution is -2.22. The van der Waals surface area contributed by atoms with Gasteiger partial charge in [-0.15, -0.1) is 0 Å². The van der Waals surface area contributed by atoms with Crippen LogP contribution < -0.4 is 5.32 Å². The normalized spacial score (nSPS) is 10.6. The van der Waals surface area contributed by atoms with Crippen LogP contribution in [0.4, 0.5) is 5.69 Å². The molecular weight excluding hydrogens is 362 g/mol. The van der Waals surface area contributed by atoms with Crippen molar-refractivity contribution in [1.82, 2.24) is 0 Å². The monoisotopic (exact) mass is 387 g/mol. The molecule has 0 unspecified atom stereocenters. The molecule has 0 bridgehead atoms. The molecule has 0 fully saturated rings. The standard InChI is InChI=1S/C25H25NO3/c1-18-13-14-22(15-19(18)2)26-24(27)17-29-25(28)16-23(20-9-5-3-6-10-20)21-11-7-4-8-12-21/h3-15,23H,16-17H2,1-2H3,(H,26,27). The maximum Gasteiger partial charge on any atom is 0.307 e. The first-order valence-electron chi connectivity index (χ1n) is 9.65. The van der Waals surface area contributed by atoms with Gasteiger partial charge in [-0.1, -0.05) is 66.7 Å². The zero-order valence-corrected chi connectivity index (χ0v) is 16.7. The van der Waals surface area contributed by atoms with E-state index in [1.807, 2.05) is 92.7 Å². The molecule has 0 atom stereocenters. The molecule has 0 saturated carbocycles. The Bertz CT molecular complexity index is 928. The first kappa shape index (κ1) is 20.3. The van der Waals surface area contributed by atoms with Crippen LogP contribution in [0.5, 0.6) is 0 Å². The molecule has 3 rings (SSSR count). The predicted molar refractivity (Wildman–Crippen MR) is 115 cm³/mol. The fourth-order valence-corrected chi connectivity index (χ4v) is 3.19. The zero-order chi connectivity index (χ0) is 20.6. The number of hydrogen-bond donors (Lipinski definition) is 1. The van der Waals surface area contributed by atoms with Crippen molar-refractivity contribution in [3.8, 4) is 0 Å². The molecule has 3 aromatic carbocycles. The Hall–Kier alpha value is -3.40. The second-order valence-electron chi connectivity index (χ2n) is 7.09. The van der Waals surface area contributed by atoms with Gasteiger partial charge in [0, 0.05) is 11.6 Å². The number of carbonyl (C=O) groups is 2. The summed E-state index contributed by atoms with van der Waals surface area (Å²) >= 11 is 0. The number of benzene rings is 3. The Kier molecular flexibility index (Phi) is 6.80. The lowest BCUT2D eigenvalue weighted by molar-refractivity contribution is -0.147. The number of nitrogens with one attached hydrogen (secondary N) is 1. The van der Waals surface area contributed by atoms with Crippen molar-refractivity contribution in [2.75, 3.05) is 11.9 Å². The van der Waals surface area contributed by atoms with Gasteiger partial charge < -0.3 is 10.1 Å². The van der Waals surface area contributed by atoms with Crippen molar-refractivity contribution in [3.63, 3.8) is 0 Å². The highest BCUT2D eigenvalue weighted by Gasteiger charge is 2.19. The van der Waals surface area contributed by atoms with Gasteiger partial charge in [0.25, 0.3) is 5.91 Å². The minimum absolute atomic E-state index is 0.118. The van der Waals surface area contributed by atoms with Gasteiger partial charge in [-0.05, 0) is 48.2 Å². The number of hydrogen-bond acceptors (Lipinski definition) is 3. The molecule has 1 amide bonds. The maximum atomic E-state index is 12.5. The first-order valence-corrected chi connectivity index (χ1v) is 9.65. The van der Waals surface area contributed by atoms with E-state index in [2.05, 4.69) is 5.32 Å². The van der Waals surface area contributed by atoms with Crippen molar-refractivity contribution < 1.29 is 14.3 Å². The van der Waals surface area contributed by atoms with E-state index < -0.39 is 5.97 Å². The summed E-state index contributed by atoms with van der Waals surface area (Å²) in [4.78, 5) is 24.6. The van der Waals surface area contributed by atoms with Crippen molar-refractivity contribution >= 4 is 17.6 Å². The molecule has 148 valence electrons. The van der Waals surface area contributed by atoms with Crippen molar-refractivity contribution in [3.05, 3.63) is 101 Å². The fourth-order valence-electron chi connectivity index (χ4n) is 3.19. The summed E-state index contributed by atoms with van der Waals surface area (Å²) in [7, 11) is 0. The van der Waals surface area contributed by atoms with E-state index in [1.54, 1.807) is 0 Å². The molecule has 0 saturated heterocycles. The summed E-state index contributed by atoms with van der Waals surface area (Å²) < 4.78 is 5.25. The van der Waals surface area contributed by atoms with E-state index in [1.165, 1.54) is 0 Å². The number of aryl methyl sites for hydroxylation is 2. The Morgan fingerprint density at radius 3 is 1.97 bits per heavy atom. The second-order valence-corrected chi connectivity index (χ2v) is 7.09. The average molecular weight is 387 g/mol. The van der Waals surface area contributed by atoms with E-state index in [0.717, 1.165) is 22.3 Å². The van der Waals surface area contributed by atoms with E-state index >= 15 is 0 Å². The Labute approximate surface area is 171 Å².